The van der Waals surface area contributed by atoms with Crippen LogP contribution in [-0.4, -0.2) is 23.5 Å². The number of thiophene rings is 1. The van der Waals surface area contributed by atoms with E-state index in [1.165, 1.54) is 91.8 Å². The van der Waals surface area contributed by atoms with Gasteiger partial charge in [0.1, 0.15) is 0 Å². The number of hydrogen-bond acceptors (Lipinski definition) is 2. The Morgan fingerprint density at radius 2 is 0.892 bits per heavy atom. The van der Waals surface area contributed by atoms with Gasteiger partial charge >= 0.3 is 0 Å². The summed E-state index contributed by atoms with van der Waals surface area (Å²) in [5.41, 5.74) is 6.38. The number of nitrogens with zero attached hydrogens (tertiary/aromatic N) is 1. The normalized spacial score (nSPS) is 18.6. The molecule has 65 heavy (non-hydrogen) atoms. The molecular formula is C63H127NS. The highest BCUT2D eigenvalue weighted by Gasteiger charge is 2.28. The summed E-state index contributed by atoms with van der Waals surface area (Å²) in [6.45, 7) is 68.4. The number of benzene rings is 1. The standard InChI is InChI=1S/C11H22.C11H20.C11H16.C10H21N.C9H14S.5C2H6.CH4/c3*1-9-5-7-10(8-6-9)11(2,3)4;1-9-5-7-11(8-6-9)10(2,3)4;1-7-5-6-8(10-7)9(2,3)4;5*1-2;/h9-10H,5-8H2,1-4H3;7,9H,5-6,8H2,1-4H3;5-8H,1-4H3;9H,5-8H2,1-4H3;5-6H,1-4H3;5*1-2H3;1H4. The number of allylic oxidation sites excluding steroid dienone is 2. The van der Waals surface area contributed by atoms with Crippen LogP contribution in [0.2, 0.25) is 0 Å². The molecule has 0 N–H and O–H groups in total. The first kappa shape index (κ1) is 75.1. The summed E-state index contributed by atoms with van der Waals surface area (Å²) in [4.78, 5) is 5.47. The van der Waals surface area contributed by atoms with Gasteiger partial charge in [-0.2, -0.15) is 0 Å². The van der Waals surface area contributed by atoms with Crippen molar-refractivity contribution in [1.29, 1.82) is 0 Å². The van der Waals surface area contributed by atoms with E-state index < -0.39 is 0 Å². The molecule has 1 aromatic carbocycles. The Labute approximate surface area is 420 Å². The maximum absolute atomic E-state index is 2.59. The summed E-state index contributed by atoms with van der Waals surface area (Å²) in [6.07, 6.45) is 15.1. The van der Waals surface area contributed by atoms with Crippen molar-refractivity contribution in [3.63, 3.8) is 0 Å². The molecule has 1 unspecified atom stereocenters. The van der Waals surface area contributed by atoms with Gasteiger partial charge in [0, 0.05) is 15.3 Å². The topological polar surface area (TPSA) is 3.24 Å². The van der Waals surface area contributed by atoms with Gasteiger partial charge in [-0.25, -0.2) is 0 Å². The van der Waals surface area contributed by atoms with Gasteiger partial charge in [0.25, 0.3) is 0 Å². The second kappa shape index (κ2) is 39.5. The van der Waals surface area contributed by atoms with Crippen LogP contribution in [0.4, 0.5) is 0 Å². The number of aryl methyl sites for hydroxylation is 2. The minimum absolute atomic E-state index is 0. The third kappa shape index (κ3) is 38.2. The van der Waals surface area contributed by atoms with Crippen LogP contribution in [0.15, 0.2) is 48.0 Å². The highest BCUT2D eigenvalue weighted by atomic mass is 32.1. The summed E-state index contributed by atoms with van der Waals surface area (Å²) < 4.78 is 0. The number of likely N-dealkylation sites (tertiary alicyclic amines) is 1. The third-order valence-electron chi connectivity index (χ3n) is 12.0. The highest BCUT2D eigenvalue weighted by Crippen LogP contribution is 2.39. The van der Waals surface area contributed by atoms with Gasteiger partial charge in [-0.15, -0.1) is 11.3 Å². The Morgan fingerprint density at radius 1 is 0.477 bits per heavy atom. The lowest BCUT2D eigenvalue weighted by Gasteiger charge is -2.40. The Balaban J connectivity index is -0.000000159. The Kier molecular flexibility index (Phi) is 45.6. The molecule has 0 spiro atoms. The molecule has 3 aliphatic rings. The van der Waals surface area contributed by atoms with Crippen LogP contribution < -0.4 is 0 Å². The molecule has 5 rings (SSSR count). The van der Waals surface area contributed by atoms with Crippen molar-refractivity contribution < 1.29 is 0 Å². The van der Waals surface area contributed by atoms with Crippen molar-refractivity contribution in [2.75, 3.05) is 13.1 Å². The highest BCUT2D eigenvalue weighted by molar-refractivity contribution is 7.12. The van der Waals surface area contributed by atoms with Gasteiger partial charge < -0.3 is 0 Å². The van der Waals surface area contributed by atoms with Crippen LogP contribution in [-0.2, 0) is 10.8 Å². The summed E-state index contributed by atoms with van der Waals surface area (Å²) >= 11 is 1.89. The Hall–Kier alpha value is -1.38. The summed E-state index contributed by atoms with van der Waals surface area (Å²) in [5, 5.41) is 0. The lowest BCUT2D eigenvalue weighted by atomic mass is 9.70. The monoisotopic (exact) mass is 930 g/mol. The minimum Gasteiger partial charge on any atom is -0.298 e. The smallest absolute Gasteiger partial charge is 0.0125 e. The van der Waals surface area contributed by atoms with E-state index in [1.54, 1.807) is 5.57 Å². The van der Waals surface area contributed by atoms with Gasteiger partial charge in [-0.1, -0.05) is 235 Å². The molecule has 2 heterocycles. The fourth-order valence-electron chi connectivity index (χ4n) is 7.34. The molecule has 2 heteroatoms. The zero-order valence-electron chi connectivity index (χ0n) is 50.0. The number of hydrogen-bond donors (Lipinski definition) is 0. The molecule has 1 aliphatic heterocycles. The average Bonchev–Trinajstić information content (AvgIpc) is 3.69. The second-order valence-electron chi connectivity index (χ2n) is 22.8. The maximum Gasteiger partial charge on any atom is 0.0125 e. The van der Waals surface area contributed by atoms with Crippen LogP contribution in [0.1, 0.15) is 280 Å². The predicted molar refractivity (Wildman–Crippen MR) is 312 cm³/mol. The molecule has 0 bridgehead atoms. The van der Waals surface area contributed by atoms with Crippen molar-refractivity contribution in [1.82, 2.24) is 4.90 Å². The largest absolute Gasteiger partial charge is 0.298 e. The fourth-order valence-corrected chi connectivity index (χ4v) is 8.27. The van der Waals surface area contributed by atoms with E-state index in [0.717, 1.165) is 23.7 Å². The molecular weight excluding hydrogens is 803 g/mol. The molecule has 2 aromatic rings. The molecule has 1 saturated heterocycles. The first-order valence-corrected chi connectivity index (χ1v) is 27.9. The van der Waals surface area contributed by atoms with Gasteiger partial charge in [-0.3, -0.25) is 4.90 Å². The predicted octanol–water partition coefficient (Wildman–Crippen LogP) is 22.6. The molecule has 1 nitrogen and oxygen atoms in total. The molecule has 1 atom stereocenters. The van der Waals surface area contributed by atoms with E-state index in [-0.39, 0.29) is 12.8 Å². The van der Waals surface area contributed by atoms with Gasteiger partial charge in [0.05, 0.1) is 0 Å². The SMILES string of the molecule is C.CC.CC.CC.CC.CC.CC1CC=C(C(C)(C)C)CC1.CC1CCC(C(C)(C)C)CC1.CC1CCN(C(C)(C)C)CC1.Cc1ccc(C(C)(C)C)cc1.Cc1ccc(C(C)(C)C)s1. The molecule has 0 radical (unpaired) electrons. The zero-order valence-corrected chi connectivity index (χ0v) is 50.8. The zero-order chi connectivity index (χ0) is 51.7. The Bertz CT molecular complexity index is 1270. The summed E-state index contributed by atoms with van der Waals surface area (Å²) in [5.74, 6) is 3.85. The first-order chi connectivity index (χ1) is 29.5. The van der Waals surface area contributed by atoms with Crippen molar-refractivity contribution >= 4 is 11.3 Å². The van der Waals surface area contributed by atoms with E-state index in [9.17, 15) is 0 Å². The van der Waals surface area contributed by atoms with Crippen molar-refractivity contribution in [2.45, 2.75) is 289 Å². The van der Waals surface area contributed by atoms with Gasteiger partial charge in [0.15, 0.2) is 0 Å². The van der Waals surface area contributed by atoms with Crippen molar-refractivity contribution in [2.24, 2.45) is 34.5 Å². The van der Waals surface area contributed by atoms with E-state index in [2.05, 4.69) is 186 Å². The number of piperidine rings is 1. The van der Waals surface area contributed by atoms with Crippen LogP contribution >= 0.6 is 11.3 Å². The Morgan fingerprint density at radius 3 is 1.17 bits per heavy atom. The molecule has 1 saturated carbocycles. The van der Waals surface area contributed by atoms with Crippen molar-refractivity contribution in [3.05, 3.63) is 68.9 Å². The quantitative estimate of drug-likeness (QED) is 0.238. The molecule has 2 fully saturated rings. The second-order valence-corrected chi connectivity index (χ2v) is 24.1. The lowest BCUT2D eigenvalue weighted by molar-refractivity contribution is 0.0916. The third-order valence-corrected chi connectivity index (χ3v) is 13.4. The summed E-state index contributed by atoms with van der Waals surface area (Å²) in [6, 6.07) is 13.1. The minimum atomic E-state index is 0. The van der Waals surface area contributed by atoms with E-state index >= 15 is 0 Å². The van der Waals surface area contributed by atoms with Crippen LogP contribution in [0.25, 0.3) is 0 Å². The number of rotatable bonds is 0. The van der Waals surface area contributed by atoms with Crippen LogP contribution in [0.3, 0.4) is 0 Å². The van der Waals surface area contributed by atoms with Crippen LogP contribution in [0.5, 0.6) is 0 Å². The van der Waals surface area contributed by atoms with E-state index in [4.69, 9.17) is 0 Å². The van der Waals surface area contributed by atoms with E-state index in [0.29, 0.717) is 21.8 Å². The van der Waals surface area contributed by atoms with E-state index in [1.807, 2.05) is 80.6 Å². The van der Waals surface area contributed by atoms with Crippen molar-refractivity contribution in [3.8, 4) is 0 Å². The summed E-state index contributed by atoms with van der Waals surface area (Å²) in [7, 11) is 0. The molecule has 0 amide bonds. The molecule has 1 aromatic heterocycles. The fraction of sp³-hybridized carbons (Fsp3) is 0.810. The van der Waals surface area contributed by atoms with Crippen LogP contribution in [0, 0.1) is 48.3 Å². The molecule has 2 aliphatic carbocycles. The molecule has 390 valence electrons. The first-order valence-electron chi connectivity index (χ1n) is 27.1. The maximum atomic E-state index is 2.59. The van der Waals surface area contributed by atoms with Gasteiger partial charge in [0.2, 0.25) is 0 Å². The average molecular weight is 931 g/mol. The van der Waals surface area contributed by atoms with Gasteiger partial charge in [-0.05, 0) is 156 Å². The lowest BCUT2D eigenvalue weighted by Crippen LogP contribution is -2.45.